The number of rotatable bonds is 12. The van der Waals surface area contributed by atoms with Crippen molar-refractivity contribution in [1.82, 2.24) is 5.32 Å². The zero-order valence-electron chi connectivity index (χ0n) is 34.5. The van der Waals surface area contributed by atoms with E-state index in [0.29, 0.717) is 28.7 Å². The Labute approximate surface area is 336 Å². The molecule has 296 valence electrons. The summed E-state index contributed by atoms with van der Waals surface area (Å²) < 4.78 is 12.5. The molecule has 0 spiro atoms. The van der Waals surface area contributed by atoms with Crippen LogP contribution in [-0.2, 0) is 5.41 Å². The summed E-state index contributed by atoms with van der Waals surface area (Å²) in [7, 11) is 2.10. The van der Waals surface area contributed by atoms with Crippen LogP contribution in [-0.4, -0.2) is 13.1 Å². The van der Waals surface area contributed by atoms with Gasteiger partial charge in [-0.25, -0.2) is 0 Å². The summed E-state index contributed by atoms with van der Waals surface area (Å²) in [5, 5.41) is 3.44. The highest BCUT2D eigenvalue weighted by Gasteiger charge is 2.61. The van der Waals surface area contributed by atoms with Crippen LogP contribution in [0.1, 0.15) is 103 Å². The largest absolute Gasteiger partial charge is 0.457 e. The van der Waals surface area contributed by atoms with Gasteiger partial charge in [0.1, 0.15) is 23.0 Å². The monoisotopic (exact) mass is 752 g/mol. The Balaban J connectivity index is 1.06. The van der Waals surface area contributed by atoms with Gasteiger partial charge in [-0.1, -0.05) is 70.0 Å². The third-order valence-electron chi connectivity index (χ3n) is 15.8. The summed E-state index contributed by atoms with van der Waals surface area (Å²) in [4.78, 5) is 0. The van der Waals surface area contributed by atoms with Crippen molar-refractivity contribution in [3.05, 3.63) is 120 Å². The van der Waals surface area contributed by atoms with E-state index < -0.39 is 0 Å². The topological polar surface area (TPSA) is 82.5 Å². The number of nitrogen functional groups attached to an aromatic ring is 2. The van der Waals surface area contributed by atoms with Gasteiger partial charge in [0.25, 0.3) is 0 Å². The van der Waals surface area contributed by atoms with Crippen molar-refractivity contribution in [3.63, 3.8) is 0 Å². The molecule has 4 aliphatic rings. The normalized spacial score (nSPS) is 30.1. The SMILES string of the molecule is CNC(C)CCCC(C)C1CCC2C3C=CC4CC(c5ccc(Oc6ccc(N)cc6)cc5)(c5ccc(Oc6ccc(N)cc6)cc5)CCC4(C)C3CCC12C. The molecule has 5 nitrogen and oxygen atoms in total. The highest BCUT2D eigenvalue weighted by molar-refractivity contribution is 5.48. The fourth-order valence-electron chi connectivity index (χ4n) is 12.4. The molecule has 5 heteroatoms. The highest BCUT2D eigenvalue weighted by Crippen LogP contribution is 2.68. The zero-order chi connectivity index (χ0) is 39.1. The van der Waals surface area contributed by atoms with Gasteiger partial charge < -0.3 is 26.3 Å². The van der Waals surface area contributed by atoms with Gasteiger partial charge in [0.05, 0.1) is 0 Å². The van der Waals surface area contributed by atoms with Crippen molar-refractivity contribution >= 4 is 11.4 Å². The third kappa shape index (κ3) is 7.25. The predicted octanol–water partition coefficient (Wildman–Crippen LogP) is 12.6. The molecule has 4 aromatic carbocycles. The van der Waals surface area contributed by atoms with Crippen molar-refractivity contribution in [3.8, 4) is 23.0 Å². The number of nitrogens with one attached hydrogen (secondary N) is 1. The number of anilines is 2. The summed E-state index contributed by atoms with van der Waals surface area (Å²) >= 11 is 0. The highest BCUT2D eigenvalue weighted by atomic mass is 16.5. The van der Waals surface area contributed by atoms with E-state index in [0.717, 1.165) is 70.9 Å². The van der Waals surface area contributed by atoms with E-state index >= 15 is 0 Å². The van der Waals surface area contributed by atoms with E-state index in [2.05, 4.69) is 101 Å². The Hall–Kier alpha value is -4.22. The average molecular weight is 752 g/mol. The first-order chi connectivity index (χ1) is 27.0. The van der Waals surface area contributed by atoms with E-state index in [1.807, 2.05) is 48.5 Å². The second kappa shape index (κ2) is 15.6. The van der Waals surface area contributed by atoms with Crippen molar-refractivity contribution in [2.45, 2.75) is 103 Å². The fraction of sp³-hybridized carbons (Fsp3) is 0.490. The minimum Gasteiger partial charge on any atom is -0.457 e. The first-order valence-corrected chi connectivity index (χ1v) is 21.6. The second-order valence-electron chi connectivity index (χ2n) is 18.8. The van der Waals surface area contributed by atoms with Gasteiger partial charge in [0.15, 0.2) is 0 Å². The van der Waals surface area contributed by atoms with Crippen molar-refractivity contribution < 1.29 is 9.47 Å². The van der Waals surface area contributed by atoms with Crippen LogP contribution in [0.3, 0.4) is 0 Å². The number of ether oxygens (including phenoxy) is 2. The first kappa shape index (κ1) is 38.6. The molecule has 0 aliphatic heterocycles. The Kier molecular flexibility index (Phi) is 10.8. The van der Waals surface area contributed by atoms with Crippen LogP contribution in [0.4, 0.5) is 11.4 Å². The lowest BCUT2D eigenvalue weighted by atomic mass is 9.43. The number of fused-ring (bicyclic) bond motifs is 5. The molecule has 3 saturated carbocycles. The average Bonchev–Trinajstić information content (AvgIpc) is 3.57. The Morgan fingerprint density at radius 2 is 1.14 bits per heavy atom. The lowest BCUT2D eigenvalue weighted by Gasteiger charge is -2.61. The van der Waals surface area contributed by atoms with Gasteiger partial charge in [0, 0.05) is 22.8 Å². The smallest absolute Gasteiger partial charge is 0.127 e. The number of allylic oxidation sites excluding steroid dienone is 2. The molecule has 0 saturated heterocycles. The molecule has 9 atom stereocenters. The maximum Gasteiger partial charge on any atom is 0.127 e. The maximum absolute atomic E-state index is 6.26. The van der Waals surface area contributed by atoms with Gasteiger partial charge >= 0.3 is 0 Å². The van der Waals surface area contributed by atoms with Crippen molar-refractivity contribution in [2.24, 2.45) is 46.3 Å². The van der Waals surface area contributed by atoms with Gasteiger partial charge in [-0.3, -0.25) is 0 Å². The van der Waals surface area contributed by atoms with Gasteiger partial charge in [-0.05, 0) is 196 Å². The Morgan fingerprint density at radius 3 is 1.68 bits per heavy atom. The van der Waals surface area contributed by atoms with E-state index in [1.165, 1.54) is 62.5 Å². The summed E-state index contributed by atoms with van der Waals surface area (Å²) in [5.41, 5.74) is 16.7. The minimum absolute atomic E-state index is 0.122. The molecule has 56 heavy (non-hydrogen) atoms. The molecule has 0 radical (unpaired) electrons. The molecule has 8 rings (SSSR count). The van der Waals surface area contributed by atoms with Crippen LogP contribution < -0.4 is 26.3 Å². The molecule has 3 fully saturated rings. The molecule has 0 heterocycles. The Morgan fingerprint density at radius 1 is 0.625 bits per heavy atom. The van der Waals surface area contributed by atoms with Crippen LogP contribution in [0.25, 0.3) is 0 Å². The molecule has 5 N–H and O–H groups in total. The minimum atomic E-state index is -0.122. The lowest BCUT2D eigenvalue weighted by Crippen LogP contribution is -2.54. The summed E-state index contributed by atoms with van der Waals surface area (Å²) in [6, 6.07) is 33.7. The quantitative estimate of drug-likeness (QED) is 0.0992. The predicted molar refractivity (Wildman–Crippen MR) is 232 cm³/mol. The van der Waals surface area contributed by atoms with Gasteiger partial charge in [-0.2, -0.15) is 0 Å². The Bertz CT molecular complexity index is 1860. The fourth-order valence-corrected chi connectivity index (χ4v) is 12.4. The third-order valence-corrected chi connectivity index (χ3v) is 15.8. The summed E-state index contributed by atoms with van der Waals surface area (Å²) in [6.07, 6.45) is 18.5. The number of hydrogen-bond donors (Lipinski definition) is 3. The van der Waals surface area contributed by atoms with E-state index in [-0.39, 0.29) is 5.41 Å². The molecule has 0 aromatic heterocycles. The zero-order valence-corrected chi connectivity index (χ0v) is 34.5. The second-order valence-corrected chi connectivity index (χ2v) is 18.8. The van der Waals surface area contributed by atoms with Crippen LogP contribution >= 0.6 is 0 Å². The number of hydrogen-bond acceptors (Lipinski definition) is 5. The molecule has 9 unspecified atom stereocenters. The van der Waals surface area contributed by atoms with Gasteiger partial charge in [0.2, 0.25) is 0 Å². The molecule has 4 aliphatic carbocycles. The maximum atomic E-state index is 6.26. The summed E-state index contributed by atoms with van der Waals surface area (Å²) in [6.45, 7) is 10.3. The van der Waals surface area contributed by atoms with E-state index in [4.69, 9.17) is 20.9 Å². The number of benzene rings is 4. The van der Waals surface area contributed by atoms with E-state index in [1.54, 1.807) is 0 Å². The van der Waals surface area contributed by atoms with Crippen molar-refractivity contribution in [1.29, 1.82) is 0 Å². The summed E-state index contributed by atoms with van der Waals surface area (Å²) in [5.74, 6) is 7.71. The molecule has 0 bridgehead atoms. The van der Waals surface area contributed by atoms with Crippen LogP contribution in [0.15, 0.2) is 109 Å². The van der Waals surface area contributed by atoms with Crippen LogP contribution in [0, 0.1) is 46.3 Å². The molecule has 0 amide bonds. The first-order valence-electron chi connectivity index (χ1n) is 21.6. The molecular formula is C51H65N3O2. The number of nitrogens with two attached hydrogens (primary N) is 2. The standard InChI is InChI=1S/C51H65N3O2/c1-34(7-6-8-35(2)54-5)46-27-28-47-45-26-13-38-33-51(32-31-49(38,3)48(45)29-30-50(46,47)4,36-9-18-41(19-10-36)55-43-22-14-39(52)15-23-43)37-11-20-42(21-12-37)56-44-24-16-40(53)17-25-44/h9-26,34-35,38,45-48,54H,6-8,27-33,52-53H2,1-5H3. The van der Waals surface area contributed by atoms with E-state index in [9.17, 15) is 0 Å². The van der Waals surface area contributed by atoms with Crippen LogP contribution in [0.5, 0.6) is 23.0 Å². The van der Waals surface area contributed by atoms with Crippen molar-refractivity contribution in [2.75, 3.05) is 18.5 Å². The van der Waals surface area contributed by atoms with Crippen LogP contribution in [0.2, 0.25) is 0 Å². The molecular weight excluding hydrogens is 687 g/mol. The molecule has 4 aromatic rings. The van der Waals surface area contributed by atoms with Gasteiger partial charge in [-0.15, -0.1) is 0 Å². The lowest BCUT2D eigenvalue weighted by molar-refractivity contribution is -0.0720.